The molecule has 21 heavy (non-hydrogen) atoms. The fourth-order valence-electron chi connectivity index (χ4n) is 2.41. The minimum Gasteiger partial charge on any atom is -0.497 e. The normalized spacial score (nSPS) is 10.8. The lowest BCUT2D eigenvalue weighted by Crippen LogP contribution is -2.06. The Bertz CT molecular complexity index is 864. The first-order valence-corrected chi connectivity index (χ1v) is 7.27. The van der Waals surface area contributed by atoms with Crippen molar-refractivity contribution in [3.8, 4) is 16.9 Å². The maximum absolute atomic E-state index is 12.3. The van der Waals surface area contributed by atoms with Crippen LogP contribution in [0.15, 0.2) is 56.1 Å². The monoisotopic (exact) mass is 344 g/mol. The molecule has 3 aromatic rings. The molecule has 0 amide bonds. The number of aryl methyl sites for hydroxylation is 1. The van der Waals surface area contributed by atoms with Crippen LogP contribution in [0.2, 0.25) is 0 Å². The van der Waals surface area contributed by atoms with E-state index in [1.54, 1.807) is 13.2 Å². The Morgan fingerprint density at radius 3 is 2.48 bits per heavy atom. The van der Waals surface area contributed by atoms with E-state index in [2.05, 4.69) is 15.9 Å². The van der Waals surface area contributed by atoms with Crippen LogP contribution < -0.4 is 10.4 Å². The van der Waals surface area contributed by atoms with E-state index >= 15 is 0 Å². The van der Waals surface area contributed by atoms with Crippen molar-refractivity contribution in [3.05, 3.63) is 62.9 Å². The van der Waals surface area contributed by atoms with Gasteiger partial charge in [-0.3, -0.25) is 0 Å². The van der Waals surface area contributed by atoms with Crippen LogP contribution in [0.4, 0.5) is 0 Å². The molecule has 1 aromatic heterocycles. The van der Waals surface area contributed by atoms with Crippen molar-refractivity contribution in [1.82, 2.24) is 0 Å². The number of rotatable bonds is 2. The molecule has 0 N–H and O–H groups in total. The Kier molecular flexibility index (Phi) is 3.55. The van der Waals surface area contributed by atoms with Gasteiger partial charge in [0.05, 0.1) is 12.7 Å². The van der Waals surface area contributed by atoms with E-state index in [9.17, 15) is 4.79 Å². The molecule has 2 aromatic carbocycles. The molecule has 0 unspecified atom stereocenters. The zero-order chi connectivity index (χ0) is 15.0. The van der Waals surface area contributed by atoms with Gasteiger partial charge in [0.25, 0.3) is 0 Å². The van der Waals surface area contributed by atoms with Gasteiger partial charge in [-0.1, -0.05) is 28.1 Å². The molecule has 0 radical (unpaired) electrons. The summed E-state index contributed by atoms with van der Waals surface area (Å²) in [5.74, 6) is 0.754. The van der Waals surface area contributed by atoms with E-state index in [1.807, 2.05) is 43.3 Å². The maximum Gasteiger partial charge on any atom is 0.344 e. The summed E-state index contributed by atoms with van der Waals surface area (Å²) in [5, 5.41) is 0.926. The fraction of sp³-hybridized carbons (Fsp3) is 0.118. The van der Waals surface area contributed by atoms with Gasteiger partial charge in [0.15, 0.2) is 0 Å². The van der Waals surface area contributed by atoms with E-state index in [0.29, 0.717) is 11.1 Å². The highest BCUT2D eigenvalue weighted by Gasteiger charge is 2.13. The molecule has 4 heteroatoms. The van der Waals surface area contributed by atoms with Gasteiger partial charge in [-0.15, -0.1) is 0 Å². The van der Waals surface area contributed by atoms with Crippen LogP contribution in [-0.4, -0.2) is 7.11 Å². The lowest BCUT2D eigenvalue weighted by atomic mass is 9.99. The first-order valence-electron chi connectivity index (χ1n) is 6.47. The molecular weight excluding hydrogens is 332 g/mol. The average molecular weight is 345 g/mol. The molecule has 0 aliphatic heterocycles. The fourth-order valence-corrected chi connectivity index (χ4v) is 2.78. The van der Waals surface area contributed by atoms with Gasteiger partial charge in [0, 0.05) is 9.86 Å². The summed E-state index contributed by atoms with van der Waals surface area (Å²) in [4.78, 5) is 12.3. The standard InChI is InChI=1S/C17H13BrO3/c1-10-14-9-12(18)5-8-15(14)21-17(19)16(10)11-3-6-13(20-2)7-4-11/h3-9H,1-2H3. The summed E-state index contributed by atoms with van der Waals surface area (Å²) < 4.78 is 11.5. The van der Waals surface area contributed by atoms with Crippen LogP contribution in [0.25, 0.3) is 22.1 Å². The topological polar surface area (TPSA) is 39.4 Å². The molecular formula is C17H13BrO3. The van der Waals surface area contributed by atoms with Gasteiger partial charge in [-0.25, -0.2) is 4.79 Å². The van der Waals surface area contributed by atoms with Crippen molar-refractivity contribution in [2.24, 2.45) is 0 Å². The summed E-state index contributed by atoms with van der Waals surface area (Å²) in [6.07, 6.45) is 0. The van der Waals surface area contributed by atoms with Gasteiger partial charge in [0.1, 0.15) is 11.3 Å². The molecule has 0 saturated carbocycles. The lowest BCUT2D eigenvalue weighted by molar-refractivity contribution is 0.415. The Morgan fingerprint density at radius 2 is 1.81 bits per heavy atom. The molecule has 106 valence electrons. The molecule has 0 fully saturated rings. The highest BCUT2D eigenvalue weighted by atomic mass is 79.9. The quantitative estimate of drug-likeness (QED) is 0.640. The number of benzene rings is 2. The predicted molar refractivity (Wildman–Crippen MR) is 86.9 cm³/mol. The van der Waals surface area contributed by atoms with Crippen LogP contribution in [0.5, 0.6) is 5.75 Å². The zero-order valence-electron chi connectivity index (χ0n) is 11.6. The third-order valence-electron chi connectivity index (χ3n) is 3.51. The minimum absolute atomic E-state index is 0.326. The van der Waals surface area contributed by atoms with Crippen molar-refractivity contribution >= 4 is 26.9 Å². The molecule has 0 aliphatic carbocycles. The number of ether oxygens (including phenoxy) is 1. The minimum atomic E-state index is -0.326. The summed E-state index contributed by atoms with van der Waals surface area (Å²) in [6.45, 7) is 1.94. The van der Waals surface area contributed by atoms with E-state index in [4.69, 9.17) is 9.15 Å². The summed E-state index contributed by atoms with van der Waals surface area (Å²) >= 11 is 3.45. The van der Waals surface area contributed by atoms with E-state index in [-0.39, 0.29) is 5.63 Å². The van der Waals surface area contributed by atoms with E-state index < -0.39 is 0 Å². The average Bonchev–Trinajstić information content (AvgIpc) is 2.49. The first-order chi connectivity index (χ1) is 10.1. The van der Waals surface area contributed by atoms with Crippen LogP contribution in [0.1, 0.15) is 5.56 Å². The SMILES string of the molecule is COc1ccc(-c2c(C)c3cc(Br)ccc3oc2=O)cc1. The summed E-state index contributed by atoms with van der Waals surface area (Å²) in [7, 11) is 1.61. The number of hydrogen-bond donors (Lipinski definition) is 0. The summed E-state index contributed by atoms with van der Waals surface area (Å²) in [6, 6.07) is 13.0. The first kappa shape index (κ1) is 13.9. The smallest absolute Gasteiger partial charge is 0.344 e. The van der Waals surface area contributed by atoms with Crippen molar-refractivity contribution < 1.29 is 9.15 Å². The number of methoxy groups -OCH3 is 1. The Balaban J connectivity index is 2.28. The van der Waals surface area contributed by atoms with Gasteiger partial charge >= 0.3 is 5.63 Å². The molecule has 3 rings (SSSR count). The second kappa shape index (κ2) is 5.37. The van der Waals surface area contributed by atoms with Crippen LogP contribution in [0.3, 0.4) is 0 Å². The third-order valence-corrected chi connectivity index (χ3v) is 4.00. The second-order valence-electron chi connectivity index (χ2n) is 4.76. The Morgan fingerprint density at radius 1 is 1.10 bits per heavy atom. The molecule has 3 nitrogen and oxygen atoms in total. The number of fused-ring (bicyclic) bond motifs is 1. The molecule has 0 saturated heterocycles. The van der Waals surface area contributed by atoms with Gasteiger partial charge in [0.2, 0.25) is 0 Å². The molecule has 0 aliphatic rings. The molecule has 0 atom stereocenters. The summed E-state index contributed by atoms with van der Waals surface area (Å²) in [5.41, 5.74) is 2.59. The maximum atomic E-state index is 12.3. The second-order valence-corrected chi connectivity index (χ2v) is 5.67. The van der Waals surface area contributed by atoms with Crippen LogP contribution >= 0.6 is 15.9 Å². The van der Waals surface area contributed by atoms with Crippen molar-refractivity contribution in [2.75, 3.05) is 7.11 Å². The number of hydrogen-bond acceptors (Lipinski definition) is 3. The molecule has 1 heterocycles. The third kappa shape index (κ3) is 2.47. The lowest BCUT2D eigenvalue weighted by Gasteiger charge is -2.09. The molecule has 0 bridgehead atoms. The van der Waals surface area contributed by atoms with Crippen LogP contribution in [0, 0.1) is 6.92 Å². The molecule has 0 spiro atoms. The van der Waals surface area contributed by atoms with Crippen molar-refractivity contribution in [1.29, 1.82) is 0 Å². The highest BCUT2D eigenvalue weighted by molar-refractivity contribution is 9.10. The number of halogens is 1. The van der Waals surface area contributed by atoms with Crippen molar-refractivity contribution in [3.63, 3.8) is 0 Å². The largest absolute Gasteiger partial charge is 0.497 e. The van der Waals surface area contributed by atoms with E-state index in [1.165, 1.54) is 0 Å². The Hall–Kier alpha value is -2.07. The predicted octanol–water partition coefficient (Wildman–Crippen LogP) is 4.54. The van der Waals surface area contributed by atoms with Gasteiger partial charge in [-0.2, -0.15) is 0 Å². The van der Waals surface area contributed by atoms with Crippen molar-refractivity contribution in [2.45, 2.75) is 6.92 Å². The van der Waals surface area contributed by atoms with Crippen LogP contribution in [-0.2, 0) is 0 Å². The van der Waals surface area contributed by atoms with Gasteiger partial charge < -0.3 is 9.15 Å². The van der Waals surface area contributed by atoms with Gasteiger partial charge in [-0.05, 0) is 48.4 Å². The Labute approximate surface area is 130 Å². The van der Waals surface area contributed by atoms with E-state index in [0.717, 1.165) is 26.7 Å². The highest BCUT2D eigenvalue weighted by Crippen LogP contribution is 2.29. The zero-order valence-corrected chi connectivity index (χ0v) is 13.2.